The van der Waals surface area contributed by atoms with E-state index in [1.54, 1.807) is 31.2 Å². The Kier molecular flexibility index (Phi) is 6.83. The monoisotopic (exact) mass is 570 g/mol. The summed E-state index contributed by atoms with van der Waals surface area (Å²) in [5, 5.41) is 11.3. The maximum absolute atomic E-state index is 13.0. The van der Waals surface area contributed by atoms with E-state index in [1.165, 1.54) is 12.1 Å². The largest absolute Gasteiger partial charge is 0.480 e. The first-order valence-corrected chi connectivity index (χ1v) is 10.6. The number of halogens is 3. The number of rotatable bonds is 5. The normalized spacial score (nSPS) is 15.3. The number of benzene rings is 2. The fraction of sp³-hybridized carbons (Fsp3) is 0.100. The van der Waals surface area contributed by atoms with Gasteiger partial charge in [0.05, 0.1) is 14.6 Å². The van der Waals surface area contributed by atoms with Crippen molar-refractivity contribution < 1.29 is 29.0 Å². The highest BCUT2D eigenvalue weighted by molar-refractivity contribution is 9.11. The molecular formula is C20H13Br2ClN2O6. The van der Waals surface area contributed by atoms with E-state index in [0.29, 0.717) is 19.5 Å². The van der Waals surface area contributed by atoms with Gasteiger partial charge in [-0.15, -0.1) is 0 Å². The van der Waals surface area contributed by atoms with Crippen molar-refractivity contribution in [2.24, 2.45) is 0 Å². The van der Waals surface area contributed by atoms with Gasteiger partial charge in [-0.3, -0.25) is 14.9 Å². The van der Waals surface area contributed by atoms with Crippen LogP contribution in [0, 0.1) is 6.92 Å². The lowest BCUT2D eigenvalue weighted by atomic mass is 10.1. The van der Waals surface area contributed by atoms with Crippen LogP contribution in [-0.4, -0.2) is 35.5 Å². The average Bonchev–Trinajstić information content (AvgIpc) is 2.67. The molecule has 1 saturated heterocycles. The van der Waals surface area contributed by atoms with Gasteiger partial charge in [0.2, 0.25) is 0 Å². The molecule has 0 spiro atoms. The molecule has 0 unspecified atom stereocenters. The Balaban J connectivity index is 1.98. The summed E-state index contributed by atoms with van der Waals surface area (Å²) >= 11 is 12.7. The summed E-state index contributed by atoms with van der Waals surface area (Å²) in [6.07, 6.45) is 1.31. The lowest BCUT2D eigenvalue weighted by Crippen LogP contribution is -2.54. The molecule has 0 bridgehead atoms. The fourth-order valence-electron chi connectivity index (χ4n) is 2.71. The minimum Gasteiger partial charge on any atom is -0.480 e. The van der Waals surface area contributed by atoms with Crippen molar-refractivity contribution in [3.05, 3.63) is 61.0 Å². The summed E-state index contributed by atoms with van der Waals surface area (Å²) < 4.78 is 6.00. The van der Waals surface area contributed by atoms with Crippen molar-refractivity contribution in [3.63, 3.8) is 0 Å². The lowest BCUT2D eigenvalue weighted by molar-refractivity contribution is -0.139. The van der Waals surface area contributed by atoms with E-state index in [4.69, 9.17) is 21.4 Å². The molecule has 0 aliphatic carbocycles. The molecule has 0 atom stereocenters. The minimum atomic E-state index is -1.14. The van der Waals surface area contributed by atoms with Gasteiger partial charge in [0.25, 0.3) is 11.8 Å². The van der Waals surface area contributed by atoms with E-state index in [2.05, 4.69) is 37.2 Å². The van der Waals surface area contributed by atoms with Crippen molar-refractivity contribution in [2.75, 3.05) is 11.5 Å². The van der Waals surface area contributed by atoms with Crippen LogP contribution in [-0.2, 0) is 14.4 Å². The molecule has 1 heterocycles. The predicted molar refractivity (Wildman–Crippen MR) is 120 cm³/mol. The molecule has 31 heavy (non-hydrogen) atoms. The molecule has 0 aromatic heterocycles. The third-order valence-corrected chi connectivity index (χ3v) is 5.77. The van der Waals surface area contributed by atoms with Crippen molar-refractivity contribution in [1.82, 2.24) is 5.32 Å². The first-order valence-electron chi connectivity index (χ1n) is 8.59. The number of hydrogen-bond acceptors (Lipinski definition) is 5. The van der Waals surface area contributed by atoms with Gasteiger partial charge < -0.3 is 9.84 Å². The van der Waals surface area contributed by atoms with Crippen molar-refractivity contribution in [3.8, 4) is 5.75 Å². The quantitative estimate of drug-likeness (QED) is 0.408. The SMILES string of the molecule is Cc1ccc(N2C(=O)NC(=O)/C(=C/c3cc(Br)c(OCC(=O)O)c(Br)c3)C2=O)cc1Cl. The van der Waals surface area contributed by atoms with Crippen LogP contribution in [0.1, 0.15) is 11.1 Å². The predicted octanol–water partition coefficient (Wildman–Crippen LogP) is 4.30. The Morgan fingerprint density at radius 1 is 1.19 bits per heavy atom. The van der Waals surface area contributed by atoms with Crippen LogP contribution in [0.15, 0.2) is 44.9 Å². The number of aliphatic carboxylic acids is 1. The number of carbonyl (C=O) groups is 4. The van der Waals surface area contributed by atoms with Gasteiger partial charge in [-0.1, -0.05) is 17.7 Å². The van der Waals surface area contributed by atoms with Crippen molar-refractivity contribution in [2.45, 2.75) is 6.92 Å². The van der Waals surface area contributed by atoms with Crippen molar-refractivity contribution in [1.29, 1.82) is 0 Å². The second-order valence-electron chi connectivity index (χ2n) is 6.39. The number of nitrogens with one attached hydrogen (secondary N) is 1. The summed E-state index contributed by atoms with van der Waals surface area (Å²) in [6.45, 7) is 1.23. The first-order chi connectivity index (χ1) is 14.6. The van der Waals surface area contributed by atoms with Crippen molar-refractivity contribution >= 4 is 79.0 Å². The maximum Gasteiger partial charge on any atom is 0.341 e. The van der Waals surface area contributed by atoms with E-state index in [0.717, 1.165) is 10.5 Å². The van der Waals surface area contributed by atoms with Crippen LogP contribution in [0.3, 0.4) is 0 Å². The van der Waals surface area contributed by atoms with Crippen LogP contribution in [0.4, 0.5) is 10.5 Å². The molecule has 1 fully saturated rings. The Bertz CT molecular complexity index is 1140. The summed E-state index contributed by atoms with van der Waals surface area (Å²) in [5.41, 5.74) is 1.14. The number of anilines is 1. The number of barbiturate groups is 1. The lowest BCUT2D eigenvalue weighted by Gasteiger charge is -2.26. The Morgan fingerprint density at radius 3 is 2.42 bits per heavy atom. The highest BCUT2D eigenvalue weighted by Gasteiger charge is 2.37. The minimum absolute atomic E-state index is 0.219. The number of carboxylic acids is 1. The Morgan fingerprint density at radius 2 is 1.84 bits per heavy atom. The molecule has 160 valence electrons. The Hall–Kier alpha value is -2.69. The molecule has 4 amide bonds. The Labute approximate surface area is 198 Å². The van der Waals surface area contributed by atoms with E-state index in [-0.39, 0.29) is 17.0 Å². The molecule has 0 saturated carbocycles. The van der Waals surface area contributed by atoms with Gasteiger partial charge in [0.1, 0.15) is 11.3 Å². The number of ether oxygens (including phenoxy) is 1. The molecule has 2 N–H and O–H groups in total. The number of amides is 4. The van der Waals surface area contributed by atoms with Gasteiger partial charge in [0.15, 0.2) is 6.61 Å². The van der Waals surface area contributed by atoms with Gasteiger partial charge >= 0.3 is 12.0 Å². The molecular weight excluding hydrogens is 559 g/mol. The number of hydrogen-bond donors (Lipinski definition) is 2. The van der Waals surface area contributed by atoms with E-state index >= 15 is 0 Å². The summed E-state index contributed by atoms with van der Waals surface area (Å²) in [7, 11) is 0. The molecule has 2 aromatic rings. The van der Waals surface area contributed by atoms with Crippen LogP contribution < -0.4 is 15.0 Å². The molecule has 2 aromatic carbocycles. The highest BCUT2D eigenvalue weighted by Crippen LogP contribution is 2.36. The van der Waals surface area contributed by atoms with Crippen LogP contribution >= 0.6 is 43.5 Å². The van der Waals surface area contributed by atoms with Gasteiger partial charge in [0, 0.05) is 5.02 Å². The number of carboxylic acid groups (broad SMARTS) is 1. The first kappa shape index (κ1) is 23.0. The zero-order chi connectivity index (χ0) is 22.9. The van der Waals surface area contributed by atoms with E-state index in [1.807, 2.05) is 0 Å². The number of carbonyl (C=O) groups excluding carboxylic acids is 3. The summed E-state index contributed by atoms with van der Waals surface area (Å²) in [6, 6.07) is 6.87. The van der Waals surface area contributed by atoms with Crippen LogP contribution in [0.2, 0.25) is 5.02 Å². The highest BCUT2D eigenvalue weighted by atomic mass is 79.9. The molecule has 1 aliphatic rings. The molecule has 8 nitrogen and oxygen atoms in total. The van der Waals surface area contributed by atoms with Gasteiger partial charge in [-0.05, 0) is 80.3 Å². The molecule has 11 heteroatoms. The number of aryl methyl sites for hydroxylation is 1. The number of imide groups is 2. The summed E-state index contributed by atoms with van der Waals surface area (Å²) in [5.74, 6) is -2.56. The third kappa shape index (κ3) is 4.97. The van der Waals surface area contributed by atoms with Crippen LogP contribution in [0.5, 0.6) is 5.75 Å². The second-order valence-corrected chi connectivity index (χ2v) is 8.50. The van der Waals surface area contributed by atoms with E-state index in [9.17, 15) is 19.2 Å². The summed E-state index contributed by atoms with van der Waals surface area (Å²) in [4.78, 5) is 49.2. The standard InChI is InChI=1S/C20H13Br2ClN2O6/c1-9-2-3-11(7-15(9)23)25-19(29)12(18(28)24-20(25)30)4-10-5-13(21)17(14(22)6-10)31-8-16(26)27/h2-7H,8H2,1H3,(H,26,27)(H,24,28,30)/b12-4-. The molecule has 0 radical (unpaired) electrons. The molecule has 1 aliphatic heterocycles. The topological polar surface area (TPSA) is 113 Å². The number of nitrogens with zero attached hydrogens (tertiary/aromatic N) is 1. The zero-order valence-electron chi connectivity index (χ0n) is 15.7. The van der Waals surface area contributed by atoms with Gasteiger partial charge in [-0.25, -0.2) is 14.5 Å². The van der Waals surface area contributed by atoms with Gasteiger partial charge in [-0.2, -0.15) is 0 Å². The smallest absolute Gasteiger partial charge is 0.341 e. The third-order valence-electron chi connectivity index (χ3n) is 4.19. The van der Waals surface area contributed by atoms with Crippen LogP contribution in [0.25, 0.3) is 6.08 Å². The second kappa shape index (κ2) is 9.21. The number of urea groups is 1. The fourth-order valence-corrected chi connectivity index (χ4v) is 4.34. The van der Waals surface area contributed by atoms with E-state index < -0.39 is 30.4 Å². The average molecular weight is 573 g/mol. The zero-order valence-corrected chi connectivity index (χ0v) is 19.7. The molecule has 3 rings (SSSR count). The maximum atomic E-state index is 13.0.